The minimum Gasteiger partial charge on any atom is -0.443 e. The lowest BCUT2D eigenvalue weighted by atomic mass is 9.79. The summed E-state index contributed by atoms with van der Waals surface area (Å²) in [5.41, 5.74) is 0.547. The summed E-state index contributed by atoms with van der Waals surface area (Å²) >= 11 is 0. The van der Waals surface area contributed by atoms with E-state index in [1.54, 1.807) is 26.8 Å². The van der Waals surface area contributed by atoms with Gasteiger partial charge >= 0.3 is 19.2 Å². The fourth-order valence-electron chi connectivity index (χ4n) is 2.51. The highest BCUT2D eigenvalue weighted by molar-refractivity contribution is 6.62. The Kier molecular flexibility index (Phi) is 4.32. The highest BCUT2D eigenvalue weighted by Crippen LogP contribution is 2.36. The van der Waals surface area contributed by atoms with Crippen molar-refractivity contribution in [3.8, 4) is 0 Å². The lowest BCUT2D eigenvalue weighted by Gasteiger charge is -2.32. The molecule has 1 aliphatic heterocycles. The molecule has 0 radical (unpaired) electrons. The van der Waals surface area contributed by atoms with E-state index in [-0.39, 0.29) is 6.01 Å². The average Bonchev–Trinajstić information content (AvgIpc) is 2.93. The molecule has 8 heteroatoms. The van der Waals surface area contributed by atoms with Crippen LogP contribution in [0.2, 0.25) is 0 Å². The van der Waals surface area contributed by atoms with Crippen molar-refractivity contribution in [1.82, 2.24) is 4.98 Å². The maximum absolute atomic E-state index is 11.9. The predicted molar refractivity (Wildman–Crippen MR) is 99.6 cm³/mol. The van der Waals surface area contributed by atoms with Crippen LogP contribution in [0.1, 0.15) is 48.5 Å². The second-order valence-electron chi connectivity index (χ2n) is 8.46. The van der Waals surface area contributed by atoms with Crippen LogP contribution in [0.3, 0.4) is 0 Å². The molecule has 1 aromatic carbocycles. The van der Waals surface area contributed by atoms with Crippen molar-refractivity contribution in [3.05, 3.63) is 18.2 Å². The zero-order valence-electron chi connectivity index (χ0n) is 16.3. The van der Waals surface area contributed by atoms with Crippen LogP contribution < -0.4 is 10.8 Å². The van der Waals surface area contributed by atoms with Gasteiger partial charge in [0.2, 0.25) is 0 Å². The molecule has 2 heterocycles. The number of ether oxygens (including phenoxy) is 1. The van der Waals surface area contributed by atoms with Crippen LogP contribution in [0.25, 0.3) is 11.1 Å². The van der Waals surface area contributed by atoms with Crippen molar-refractivity contribution >= 4 is 35.8 Å². The summed E-state index contributed by atoms with van der Waals surface area (Å²) in [4.78, 5) is 16.1. The summed E-state index contributed by atoms with van der Waals surface area (Å²) in [5, 5.41) is 2.50. The zero-order valence-corrected chi connectivity index (χ0v) is 16.3. The van der Waals surface area contributed by atoms with Gasteiger partial charge in [0.15, 0.2) is 5.58 Å². The molecule has 0 spiro atoms. The third-order valence-electron chi connectivity index (χ3n) is 4.55. The van der Waals surface area contributed by atoms with Crippen LogP contribution >= 0.6 is 0 Å². The summed E-state index contributed by atoms with van der Waals surface area (Å²) in [6.07, 6.45) is -0.616. The van der Waals surface area contributed by atoms with Crippen LogP contribution in [0.5, 0.6) is 0 Å². The summed E-state index contributed by atoms with van der Waals surface area (Å²) in [6.45, 7) is 13.4. The number of nitrogens with zero attached hydrogens (tertiary/aromatic N) is 1. The number of carbonyl (C=O) groups excluding carboxylic acids is 1. The number of oxazole rings is 1. The van der Waals surface area contributed by atoms with Gasteiger partial charge in [0.25, 0.3) is 0 Å². The Morgan fingerprint density at radius 1 is 1.15 bits per heavy atom. The van der Waals surface area contributed by atoms with E-state index < -0.39 is 30.0 Å². The minimum atomic E-state index is -0.616. The van der Waals surface area contributed by atoms with Crippen LogP contribution in [-0.4, -0.2) is 35.0 Å². The van der Waals surface area contributed by atoms with Gasteiger partial charge in [0, 0.05) is 0 Å². The number of amides is 1. The largest absolute Gasteiger partial charge is 0.494 e. The number of nitrogens with one attached hydrogen (secondary N) is 1. The number of carbonyl (C=O) groups is 1. The molecule has 0 unspecified atom stereocenters. The van der Waals surface area contributed by atoms with Crippen molar-refractivity contribution in [1.29, 1.82) is 0 Å². The van der Waals surface area contributed by atoms with E-state index in [1.165, 1.54) is 0 Å². The predicted octanol–water partition coefficient (Wildman–Crippen LogP) is 3.47. The smallest absolute Gasteiger partial charge is 0.443 e. The van der Waals surface area contributed by atoms with Gasteiger partial charge < -0.3 is 18.5 Å². The summed E-state index contributed by atoms with van der Waals surface area (Å²) < 4.78 is 22.9. The Balaban J connectivity index is 1.79. The molecule has 3 rings (SSSR count). The van der Waals surface area contributed by atoms with Crippen LogP contribution in [-0.2, 0) is 14.0 Å². The van der Waals surface area contributed by atoms with Crippen LogP contribution in [0, 0.1) is 0 Å². The normalized spacial score (nSPS) is 19.0. The number of fused-ring (bicyclic) bond motifs is 1. The Morgan fingerprint density at radius 3 is 2.35 bits per heavy atom. The highest BCUT2D eigenvalue weighted by atomic mass is 16.7. The van der Waals surface area contributed by atoms with Crippen molar-refractivity contribution in [3.63, 3.8) is 0 Å². The SMILES string of the molecule is CC(C)(C)OC(=O)Nc1nc2ccc(B3OC(C)(C)C(C)(C)O3)cc2o1. The third-order valence-corrected chi connectivity index (χ3v) is 4.55. The summed E-state index contributed by atoms with van der Waals surface area (Å²) in [6, 6.07) is 5.58. The van der Waals surface area contributed by atoms with Gasteiger partial charge in [0.05, 0.1) is 11.2 Å². The van der Waals surface area contributed by atoms with E-state index in [0.29, 0.717) is 11.1 Å². The molecule has 0 aliphatic carbocycles. The van der Waals surface area contributed by atoms with E-state index >= 15 is 0 Å². The fourth-order valence-corrected chi connectivity index (χ4v) is 2.51. The van der Waals surface area contributed by atoms with Gasteiger partial charge in [-0.25, -0.2) is 10.1 Å². The molecular weight excluding hydrogens is 335 g/mol. The quantitative estimate of drug-likeness (QED) is 0.826. The lowest BCUT2D eigenvalue weighted by molar-refractivity contribution is 0.00578. The standard InChI is InChI=1S/C18H25BN2O5/c1-16(2,3)24-15(22)21-14-20-12-9-8-11(10-13(12)23-14)19-25-17(4,5)18(6,7)26-19/h8-10H,1-7H3,(H,20,21,22). The monoisotopic (exact) mass is 360 g/mol. The first-order valence-electron chi connectivity index (χ1n) is 8.62. The van der Waals surface area contributed by atoms with Crippen molar-refractivity contribution < 1.29 is 23.3 Å². The first-order chi connectivity index (χ1) is 11.9. The maximum atomic E-state index is 11.9. The average molecular weight is 360 g/mol. The molecule has 1 aliphatic rings. The first kappa shape index (κ1) is 18.7. The Morgan fingerprint density at radius 2 is 1.77 bits per heavy atom. The van der Waals surface area contributed by atoms with Gasteiger partial charge in [-0.05, 0) is 66.1 Å². The molecule has 1 aromatic heterocycles. The molecule has 1 fully saturated rings. The molecule has 0 saturated carbocycles. The minimum absolute atomic E-state index is 0.0836. The summed E-state index contributed by atoms with van der Waals surface area (Å²) in [7, 11) is -0.489. The lowest BCUT2D eigenvalue weighted by Crippen LogP contribution is -2.41. The molecule has 0 bridgehead atoms. The Hall–Kier alpha value is -2.06. The maximum Gasteiger partial charge on any atom is 0.494 e. The van der Waals surface area contributed by atoms with Gasteiger partial charge in [-0.1, -0.05) is 6.07 Å². The van der Waals surface area contributed by atoms with Crippen molar-refractivity contribution in [2.24, 2.45) is 0 Å². The number of aromatic nitrogens is 1. The Bertz CT molecular complexity index is 822. The van der Waals surface area contributed by atoms with Crippen molar-refractivity contribution in [2.75, 3.05) is 5.32 Å². The van der Waals surface area contributed by atoms with Crippen LogP contribution in [0.4, 0.5) is 10.8 Å². The molecule has 0 atom stereocenters. The van der Waals surface area contributed by atoms with E-state index in [0.717, 1.165) is 5.46 Å². The van der Waals surface area contributed by atoms with E-state index in [2.05, 4.69) is 10.3 Å². The molecule has 2 aromatic rings. The van der Waals surface area contributed by atoms with E-state index in [4.69, 9.17) is 18.5 Å². The van der Waals surface area contributed by atoms with E-state index in [1.807, 2.05) is 39.8 Å². The van der Waals surface area contributed by atoms with E-state index in [9.17, 15) is 4.79 Å². The Labute approximate surface area is 153 Å². The third kappa shape index (κ3) is 3.71. The van der Waals surface area contributed by atoms with Gasteiger partial charge in [0.1, 0.15) is 11.1 Å². The number of anilines is 1. The molecule has 26 heavy (non-hydrogen) atoms. The molecule has 140 valence electrons. The van der Waals surface area contributed by atoms with Gasteiger partial charge in [-0.3, -0.25) is 0 Å². The summed E-state index contributed by atoms with van der Waals surface area (Å²) in [5.74, 6) is 0. The fraction of sp³-hybridized carbons (Fsp3) is 0.556. The molecule has 7 nitrogen and oxygen atoms in total. The molecule has 1 N–H and O–H groups in total. The second kappa shape index (κ2) is 5.99. The number of rotatable bonds is 2. The number of benzene rings is 1. The van der Waals surface area contributed by atoms with Crippen LogP contribution in [0.15, 0.2) is 22.6 Å². The first-order valence-corrected chi connectivity index (χ1v) is 8.62. The number of hydrogen-bond acceptors (Lipinski definition) is 6. The number of hydrogen-bond donors (Lipinski definition) is 1. The van der Waals surface area contributed by atoms with Crippen molar-refractivity contribution in [2.45, 2.75) is 65.3 Å². The molecule has 1 amide bonds. The zero-order chi connectivity index (χ0) is 19.3. The topological polar surface area (TPSA) is 82.8 Å². The molecule has 1 saturated heterocycles. The highest BCUT2D eigenvalue weighted by Gasteiger charge is 2.51. The van der Waals surface area contributed by atoms with Gasteiger partial charge in [-0.2, -0.15) is 4.98 Å². The van der Waals surface area contributed by atoms with Gasteiger partial charge in [-0.15, -0.1) is 0 Å². The second-order valence-corrected chi connectivity index (χ2v) is 8.46. The molecular formula is C18H25BN2O5.